The summed E-state index contributed by atoms with van der Waals surface area (Å²) < 4.78 is 19.6. The normalized spacial score (nSPS) is 11.3. The number of rotatable bonds is 10. The zero-order valence-corrected chi connectivity index (χ0v) is 18.5. The Morgan fingerprint density at radius 3 is 2.45 bits per heavy atom. The maximum atomic E-state index is 13.9. The van der Waals surface area contributed by atoms with Crippen molar-refractivity contribution >= 4 is 29.4 Å². The zero-order chi connectivity index (χ0) is 23.6. The van der Waals surface area contributed by atoms with Gasteiger partial charge in [-0.2, -0.15) is 0 Å². The van der Waals surface area contributed by atoms with Crippen molar-refractivity contribution in [1.82, 2.24) is 0 Å². The zero-order valence-electron chi connectivity index (χ0n) is 17.8. The van der Waals surface area contributed by atoms with Crippen molar-refractivity contribution in [3.8, 4) is 11.5 Å². The van der Waals surface area contributed by atoms with Crippen LogP contribution in [0.2, 0.25) is 5.02 Å². The molecule has 170 valence electrons. The van der Waals surface area contributed by atoms with Gasteiger partial charge in [0, 0.05) is 11.6 Å². The first-order chi connectivity index (χ1) is 15.9. The standard InChI is InChI=1S/C26H23ClFNO4/c27-24-9-6-10-25(28)23(24)18-33-22-15-16-26(29(31)32)20(17-22)8-5-3-1-2-4-7-19-11-13-21(30)14-12-19/h4-17,30H,1-3,18H2/b7-4+,8-5+. The van der Waals surface area contributed by atoms with Crippen molar-refractivity contribution in [1.29, 1.82) is 0 Å². The van der Waals surface area contributed by atoms with Crippen LogP contribution in [-0.2, 0) is 6.61 Å². The van der Waals surface area contributed by atoms with E-state index in [9.17, 15) is 19.6 Å². The molecule has 0 aliphatic heterocycles. The summed E-state index contributed by atoms with van der Waals surface area (Å²) in [4.78, 5) is 10.9. The summed E-state index contributed by atoms with van der Waals surface area (Å²) >= 11 is 6.02. The van der Waals surface area contributed by atoms with Gasteiger partial charge in [0.25, 0.3) is 5.69 Å². The quantitative estimate of drug-likeness (QED) is 0.189. The molecule has 3 aromatic rings. The van der Waals surface area contributed by atoms with Gasteiger partial charge >= 0.3 is 0 Å². The number of aromatic hydroxyl groups is 1. The van der Waals surface area contributed by atoms with Crippen LogP contribution in [-0.4, -0.2) is 10.0 Å². The first kappa shape index (κ1) is 24.0. The lowest BCUT2D eigenvalue weighted by Gasteiger charge is -2.09. The average molecular weight is 468 g/mol. The molecule has 33 heavy (non-hydrogen) atoms. The summed E-state index contributed by atoms with van der Waals surface area (Å²) in [5, 5.41) is 20.9. The highest BCUT2D eigenvalue weighted by atomic mass is 35.5. The summed E-state index contributed by atoms with van der Waals surface area (Å²) in [5.41, 5.74) is 1.62. The minimum atomic E-state index is -0.469. The maximum Gasteiger partial charge on any atom is 0.276 e. The molecule has 0 aliphatic rings. The largest absolute Gasteiger partial charge is 0.508 e. The van der Waals surface area contributed by atoms with Crippen LogP contribution in [0.15, 0.2) is 72.8 Å². The van der Waals surface area contributed by atoms with Crippen LogP contribution in [0.3, 0.4) is 0 Å². The van der Waals surface area contributed by atoms with Gasteiger partial charge in [-0.05, 0) is 61.2 Å². The maximum absolute atomic E-state index is 13.9. The van der Waals surface area contributed by atoms with E-state index >= 15 is 0 Å². The number of hydrogen-bond donors (Lipinski definition) is 1. The molecule has 0 atom stereocenters. The molecule has 0 spiro atoms. The number of unbranched alkanes of at least 4 members (excludes halogenated alkanes) is 2. The number of phenolic OH excluding ortho intramolecular Hbond substituents is 1. The van der Waals surface area contributed by atoms with Crippen molar-refractivity contribution in [3.05, 3.63) is 110 Å². The van der Waals surface area contributed by atoms with E-state index in [2.05, 4.69) is 0 Å². The van der Waals surface area contributed by atoms with Crippen molar-refractivity contribution < 1.29 is 19.2 Å². The van der Waals surface area contributed by atoms with Crippen molar-refractivity contribution in [2.24, 2.45) is 0 Å². The van der Waals surface area contributed by atoms with E-state index in [4.69, 9.17) is 16.3 Å². The van der Waals surface area contributed by atoms with Crippen molar-refractivity contribution in [2.75, 3.05) is 0 Å². The highest BCUT2D eigenvalue weighted by Crippen LogP contribution is 2.27. The third-order valence-corrected chi connectivity index (χ3v) is 5.24. The third kappa shape index (κ3) is 7.19. The minimum Gasteiger partial charge on any atom is -0.508 e. The van der Waals surface area contributed by atoms with Crippen molar-refractivity contribution in [3.63, 3.8) is 0 Å². The van der Waals surface area contributed by atoms with Gasteiger partial charge in [-0.15, -0.1) is 0 Å². The fourth-order valence-corrected chi connectivity index (χ4v) is 3.33. The van der Waals surface area contributed by atoms with E-state index in [0.29, 0.717) is 11.3 Å². The molecular weight excluding hydrogens is 445 g/mol. The molecule has 0 saturated carbocycles. The predicted molar refractivity (Wildman–Crippen MR) is 129 cm³/mol. The van der Waals surface area contributed by atoms with Gasteiger partial charge in [-0.25, -0.2) is 4.39 Å². The van der Waals surface area contributed by atoms with E-state index in [1.807, 2.05) is 30.4 Å². The summed E-state index contributed by atoms with van der Waals surface area (Å²) in [5.74, 6) is 0.150. The molecule has 0 fully saturated rings. The molecular formula is C26H23ClFNO4. The number of halogens is 2. The Bertz CT molecular complexity index is 1140. The number of ether oxygens (including phenoxy) is 1. The molecule has 1 N–H and O–H groups in total. The molecule has 0 heterocycles. The van der Waals surface area contributed by atoms with E-state index in [1.165, 1.54) is 24.3 Å². The third-order valence-electron chi connectivity index (χ3n) is 4.88. The molecule has 0 radical (unpaired) electrons. The molecule has 3 aromatic carbocycles. The molecule has 3 rings (SSSR count). The minimum absolute atomic E-state index is 0.0326. The number of allylic oxidation sites excluding steroid dienone is 2. The second-order valence-electron chi connectivity index (χ2n) is 7.29. The van der Waals surface area contributed by atoms with E-state index in [0.717, 1.165) is 24.8 Å². The van der Waals surface area contributed by atoms with Gasteiger partial charge in [-0.1, -0.05) is 54.1 Å². The fourth-order valence-electron chi connectivity index (χ4n) is 3.12. The number of nitro benzene ring substituents is 1. The molecule has 0 unspecified atom stereocenters. The molecule has 7 heteroatoms. The number of benzene rings is 3. The van der Waals surface area contributed by atoms with Crippen LogP contribution in [0.4, 0.5) is 10.1 Å². The summed E-state index contributed by atoms with van der Waals surface area (Å²) in [6, 6.07) is 15.8. The predicted octanol–water partition coefficient (Wildman–Crippen LogP) is 7.57. The van der Waals surface area contributed by atoms with Gasteiger partial charge in [0.2, 0.25) is 0 Å². The van der Waals surface area contributed by atoms with Crippen LogP contribution in [0, 0.1) is 15.9 Å². The molecule has 0 bridgehead atoms. The van der Waals surface area contributed by atoms with E-state index < -0.39 is 10.7 Å². The SMILES string of the molecule is O=[N+]([O-])c1ccc(OCc2c(F)cccc2Cl)cc1/C=C/CCC/C=C/c1ccc(O)cc1. The van der Waals surface area contributed by atoms with Gasteiger partial charge < -0.3 is 9.84 Å². The van der Waals surface area contributed by atoms with E-state index in [1.54, 1.807) is 30.3 Å². The Kier molecular flexibility index (Phi) is 8.61. The van der Waals surface area contributed by atoms with Crippen LogP contribution in [0.1, 0.15) is 36.0 Å². The Hall–Kier alpha value is -3.64. The number of nitrogens with zero attached hydrogens (tertiary/aromatic N) is 1. The van der Waals surface area contributed by atoms with Gasteiger partial charge in [0.1, 0.15) is 23.9 Å². The van der Waals surface area contributed by atoms with E-state index in [-0.39, 0.29) is 28.6 Å². The highest BCUT2D eigenvalue weighted by molar-refractivity contribution is 6.31. The Balaban J connectivity index is 1.58. The molecule has 5 nitrogen and oxygen atoms in total. The monoisotopic (exact) mass is 467 g/mol. The second-order valence-corrected chi connectivity index (χ2v) is 7.70. The molecule has 0 amide bonds. The molecule has 0 aromatic heterocycles. The smallest absolute Gasteiger partial charge is 0.276 e. The van der Waals surface area contributed by atoms with Gasteiger partial charge in [0.05, 0.1) is 15.5 Å². The lowest BCUT2D eigenvalue weighted by Crippen LogP contribution is -2.00. The summed E-state index contributed by atoms with van der Waals surface area (Å²) in [6.45, 7) is -0.0835. The number of hydrogen-bond acceptors (Lipinski definition) is 4. The lowest BCUT2D eigenvalue weighted by molar-refractivity contribution is -0.385. The van der Waals surface area contributed by atoms with Gasteiger partial charge in [0.15, 0.2) is 0 Å². The Morgan fingerprint density at radius 1 is 1.03 bits per heavy atom. The Labute approximate surface area is 196 Å². The molecule has 0 saturated heterocycles. The summed E-state index contributed by atoms with van der Waals surface area (Å²) in [6.07, 6.45) is 10.1. The topological polar surface area (TPSA) is 72.6 Å². The van der Waals surface area contributed by atoms with Crippen LogP contribution in [0.25, 0.3) is 12.2 Å². The van der Waals surface area contributed by atoms with Crippen LogP contribution in [0.5, 0.6) is 11.5 Å². The fraction of sp³-hybridized carbons (Fsp3) is 0.154. The highest BCUT2D eigenvalue weighted by Gasteiger charge is 2.13. The molecule has 0 aliphatic carbocycles. The Morgan fingerprint density at radius 2 is 1.76 bits per heavy atom. The van der Waals surface area contributed by atoms with Gasteiger partial charge in [-0.3, -0.25) is 10.1 Å². The summed E-state index contributed by atoms with van der Waals surface area (Å²) in [7, 11) is 0. The number of phenols is 1. The van der Waals surface area contributed by atoms with Crippen molar-refractivity contribution in [2.45, 2.75) is 25.9 Å². The second kappa shape index (κ2) is 11.8. The lowest BCUT2D eigenvalue weighted by atomic mass is 10.1. The average Bonchev–Trinajstić information content (AvgIpc) is 2.79. The number of nitro groups is 1. The van der Waals surface area contributed by atoms with Crippen LogP contribution >= 0.6 is 11.6 Å². The first-order valence-electron chi connectivity index (χ1n) is 10.4. The van der Waals surface area contributed by atoms with Crippen LogP contribution < -0.4 is 4.74 Å². The first-order valence-corrected chi connectivity index (χ1v) is 10.8.